The average Bonchev–Trinajstić information content (AvgIpc) is 2.19. The molecule has 14 heavy (non-hydrogen) atoms. The third-order valence-electron chi connectivity index (χ3n) is 2.36. The highest BCUT2D eigenvalue weighted by Crippen LogP contribution is 2.22. The maximum absolute atomic E-state index is 8.93. The van der Waals surface area contributed by atoms with Crippen molar-refractivity contribution in [2.24, 2.45) is 0 Å². The molecule has 0 saturated heterocycles. The second-order valence-corrected chi connectivity index (χ2v) is 3.91. The Bertz CT molecular complexity index is 332. The van der Waals surface area contributed by atoms with Gasteiger partial charge in [-0.05, 0) is 31.4 Å². The van der Waals surface area contributed by atoms with Crippen LogP contribution in [0, 0.1) is 11.3 Å². The van der Waals surface area contributed by atoms with Gasteiger partial charge in [0.05, 0.1) is 11.5 Å². The number of nitrogens with zero attached hydrogens (tertiary/aromatic N) is 1. The van der Waals surface area contributed by atoms with Crippen LogP contribution in [0.15, 0.2) is 24.3 Å². The minimum Gasteiger partial charge on any atom is -0.396 e. The molecule has 0 spiro atoms. The van der Waals surface area contributed by atoms with E-state index in [1.165, 1.54) is 0 Å². The largest absolute Gasteiger partial charge is 0.396 e. The van der Waals surface area contributed by atoms with Gasteiger partial charge in [0.25, 0.3) is 0 Å². The predicted molar refractivity (Wildman–Crippen MR) is 55.9 cm³/mol. The van der Waals surface area contributed by atoms with E-state index in [2.05, 4.69) is 6.07 Å². The topological polar surface area (TPSA) is 44.0 Å². The van der Waals surface area contributed by atoms with Gasteiger partial charge in [0.1, 0.15) is 0 Å². The van der Waals surface area contributed by atoms with Gasteiger partial charge in [-0.2, -0.15) is 5.26 Å². The lowest BCUT2D eigenvalue weighted by Gasteiger charge is -2.15. The first-order valence-electron chi connectivity index (χ1n) is 4.71. The standard InChI is InChI=1S/C12H15NO/c1-12(2,9-13)11-5-3-10(4-6-11)7-8-14/h3-6,14H,7-8H2,1-2H3. The van der Waals surface area contributed by atoms with E-state index < -0.39 is 5.41 Å². The van der Waals surface area contributed by atoms with Crippen LogP contribution in [0.3, 0.4) is 0 Å². The monoisotopic (exact) mass is 189 g/mol. The van der Waals surface area contributed by atoms with E-state index in [0.717, 1.165) is 11.1 Å². The molecule has 1 rings (SSSR count). The van der Waals surface area contributed by atoms with Gasteiger partial charge >= 0.3 is 0 Å². The number of aliphatic hydroxyl groups excluding tert-OH is 1. The lowest BCUT2D eigenvalue weighted by atomic mass is 9.86. The fourth-order valence-corrected chi connectivity index (χ4v) is 1.28. The van der Waals surface area contributed by atoms with E-state index in [1.807, 2.05) is 38.1 Å². The molecular formula is C12H15NO. The molecule has 1 N–H and O–H groups in total. The molecule has 0 aromatic heterocycles. The second kappa shape index (κ2) is 4.26. The van der Waals surface area contributed by atoms with Crippen molar-refractivity contribution >= 4 is 0 Å². The van der Waals surface area contributed by atoms with Crippen LogP contribution in [0.25, 0.3) is 0 Å². The Morgan fingerprint density at radius 3 is 2.29 bits per heavy atom. The zero-order valence-corrected chi connectivity index (χ0v) is 8.62. The minimum atomic E-state index is -0.433. The van der Waals surface area contributed by atoms with Gasteiger partial charge in [-0.25, -0.2) is 0 Å². The Balaban J connectivity index is 2.90. The Hall–Kier alpha value is -1.33. The summed E-state index contributed by atoms with van der Waals surface area (Å²) in [7, 11) is 0. The van der Waals surface area contributed by atoms with E-state index in [0.29, 0.717) is 6.42 Å². The average molecular weight is 189 g/mol. The van der Waals surface area contributed by atoms with Crippen LogP contribution in [0.1, 0.15) is 25.0 Å². The summed E-state index contributed by atoms with van der Waals surface area (Å²) < 4.78 is 0. The number of aliphatic hydroxyl groups is 1. The van der Waals surface area contributed by atoms with Crippen molar-refractivity contribution in [2.75, 3.05) is 6.61 Å². The number of benzene rings is 1. The SMILES string of the molecule is CC(C)(C#N)c1ccc(CCO)cc1. The van der Waals surface area contributed by atoms with Crippen molar-refractivity contribution in [2.45, 2.75) is 25.7 Å². The van der Waals surface area contributed by atoms with E-state index in [9.17, 15) is 0 Å². The molecule has 0 heterocycles. The van der Waals surface area contributed by atoms with Crippen LogP contribution >= 0.6 is 0 Å². The molecule has 0 unspecified atom stereocenters. The van der Waals surface area contributed by atoms with Crippen molar-refractivity contribution in [3.8, 4) is 6.07 Å². The molecule has 2 heteroatoms. The highest BCUT2D eigenvalue weighted by molar-refractivity contribution is 5.32. The maximum atomic E-state index is 8.93. The van der Waals surface area contributed by atoms with Crippen molar-refractivity contribution in [1.29, 1.82) is 5.26 Å². The zero-order chi connectivity index (χ0) is 10.6. The number of hydrogen-bond acceptors (Lipinski definition) is 2. The first-order valence-corrected chi connectivity index (χ1v) is 4.71. The Morgan fingerprint density at radius 1 is 1.29 bits per heavy atom. The normalized spacial score (nSPS) is 11.0. The van der Waals surface area contributed by atoms with Gasteiger partial charge in [0.2, 0.25) is 0 Å². The summed E-state index contributed by atoms with van der Waals surface area (Å²) >= 11 is 0. The molecule has 0 radical (unpaired) electrons. The first kappa shape index (κ1) is 10.7. The van der Waals surface area contributed by atoms with Gasteiger partial charge in [-0.3, -0.25) is 0 Å². The molecule has 0 aliphatic carbocycles. The molecule has 0 saturated carbocycles. The van der Waals surface area contributed by atoms with E-state index in [4.69, 9.17) is 10.4 Å². The third-order valence-corrected chi connectivity index (χ3v) is 2.36. The van der Waals surface area contributed by atoms with Crippen molar-refractivity contribution in [3.63, 3.8) is 0 Å². The molecule has 1 aromatic carbocycles. The molecule has 74 valence electrons. The van der Waals surface area contributed by atoms with Gasteiger partial charge in [-0.1, -0.05) is 24.3 Å². The lowest BCUT2D eigenvalue weighted by molar-refractivity contribution is 0.299. The third kappa shape index (κ3) is 2.34. The summed E-state index contributed by atoms with van der Waals surface area (Å²) in [5.41, 5.74) is 1.68. The summed E-state index contributed by atoms with van der Waals surface area (Å²) in [4.78, 5) is 0. The van der Waals surface area contributed by atoms with Crippen molar-refractivity contribution in [1.82, 2.24) is 0 Å². The number of nitriles is 1. The van der Waals surface area contributed by atoms with Gasteiger partial charge in [-0.15, -0.1) is 0 Å². The fraction of sp³-hybridized carbons (Fsp3) is 0.417. The minimum absolute atomic E-state index is 0.168. The lowest BCUT2D eigenvalue weighted by Crippen LogP contribution is -2.13. The van der Waals surface area contributed by atoms with Crippen LogP contribution < -0.4 is 0 Å². The molecule has 0 aliphatic heterocycles. The molecule has 0 atom stereocenters. The summed E-state index contributed by atoms with van der Waals surface area (Å²) in [5, 5.41) is 17.7. The van der Waals surface area contributed by atoms with Gasteiger partial charge in [0, 0.05) is 6.61 Å². The highest BCUT2D eigenvalue weighted by atomic mass is 16.2. The quantitative estimate of drug-likeness (QED) is 0.790. The Labute approximate surface area is 84.8 Å². The molecule has 0 amide bonds. The fourth-order valence-electron chi connectivity index (χ4n) is 1.28. The van der Waals surface area contributed by atoms with Gasteiger partial charge in [0.15, 0.2) is 0 Å². The van der Waals surface area contributed by atoms with Crippen LogP contribution in [0.5, 0.6) is 0 Å². The van der Waals surface area contributed by atoms with E-state index >= 15 is 0 Å². The molecule has 0 aliphatic rings. The summed E-state index contributed by atoms with van der Waals surface area (Å²) in [6, 6.07) is 10.1. The molecular weight excluding hydrogens is 174 g/mol. The molecule has 0 fully saturated rings. The summed E-state index contributed by atoms with van der Waals surface area (Å²) in [6.07, 6.45) is 0.674. The molecule has 2 nitrogen and oxygen atoms in total. The van der Waals surface area contributed by atoms with Crippen molar-refractivity contribution in [3.05, 3.63) is 35.4 Å². The summed E-state index contributed by atoms with van der Waals surface area (Å²) in [6.45, 7) is 3.96. The second-order valence-electron chi connectivity index (χ2n) is 3.91. The van der Waals surface area contributed by atoms with E-state index in [-0.39, 0.29) is 6.61 Å². The Morgan fingerprint density at radius 2 is 1.86 bits per heavy atom. The number of hydrogen-bond donors (Lipinski definition) is 1. The van der Waals surface area contributed by atoms with Crippen LogP contribution in [-0.2, 0) is 11.8 Å². The predicted octanol–water partition coefficient (Wildman–Crippen LogP) is 2.02. The maximum Gasteiger partial charge on any atom is 0.0766 e. The number of rotatable bonds is 3. The van der Waals surface area contributed by atoms with Crippen LogP contribution in [-0.4, -0.2) is 11.7 Å². The zero-order valence-electron chi connectivity index (χ0n) is 8.62. The van der Waals surface area contributed by atoms with Crippen molar-refractivity contribution < 1.29 is 5.11 Å². The Kier molecular flexibility index (Phi) is 3.27. The first-order chi connectivity index (χ1) is 6.60. The summed E-state index contributed by atoms with van der Waals surface area (Å²) in [5.74, 6) is 0. The van der Waals surface area contributed by atoms with Gasteiger partial charge < -0.3 is 5.11 Å². The highest BCUT2D eigenvalue weighted by Gasteiger charge is 2.18. The van der Waals surface area contributed by atoms with Crippen LogP contribution in [0.2, 0.25) is 0 Å². The smallest absolute Gasteiger partial charge is 0.0766 e. The van der Waals surface area contributed by atoms with Crippen LogP contribution in [0.4, 0.5) is 0 Å². The molecule has 1 aromatic rings. The molecule has 0 bridgehead atoms. The van der Waals surface area contributed by atoms with E-state index in [1.54, 1.807) is 0 Å².